The molecule has 6 nitrogen and oxygen atoms in total. The third-order valence-electron chi connectivity index (χ3n) is 7.37. The largest absolute Gasteiger partial charge is 0.361 e. The molecule has 1 unspecified atom stereocenters. The summed E-state index contributed by atoms with van der Waals surface area (Å²) >= 11 is 0. The number of aryl methyl sites for hydroxylation is 1. The number of piperazine rings is 1. The number of carbonyl (C=O) groups excluding carboxylic acids is 1. The lowest BCUT2D eigenvalue weighted by atomic mass is 10.1. The maximum atomic E-state index is 13.2. The van der Waals surface area contributed by atoms with Crippen LogP contribution in [0.3, 0.4) is 0 Å². The highest BCUT2D eigenvalue weighted by Crippen LogP contribution is 2.22. The summed E-state index contributed by atoms with van der Waals surface area (Å²) in [4.78, 5) is 23.5. The van der Waals surface area contributed by atoms with Crippen molar-refractivity contribution in [3.05, 3.63) is 65.9 Å². The minimum Gasteiger partial charge on any atom is -0.361 e. The average molecular weight is 486 g/mol. The fraction of sp³-hybridized carbons (Fsp3) is 0.467. The fourth-order valence-electron chi connectivity index (χ4n) is 5.34. The maximum Gasteiger partial charge on any atom is 0.228 e. The van der Waals surface area contributed by atoms with Gasteiger partial charge in [0.25, 0.3) is 0 Å². The first-order valence-corrected chi connectivity index (χ1v) is 13.4. The number of nitrogens with one attached hydrogen (secondary N) is 1. The van der Waals surface area contributed by atoms with Crippen LogP contribution in [0.5, 0.6) is 0 Å². The summed E-state index contributed by atoms with van der Waals surface area (Å²) in [7, 11) is 0. The van der Waals surface area contributed by atoms with Crippen molar-refractivity contribution < 1.29 is 4.79 Å². The van der Waals surface area contributed by atoms with Crippen molar-refractivity contribution in [2.45, 2.75) is 52.0 Å². The number of nitriles is 1. The Morgan fingerprint density at radius 1 is 1.08 bits per heavy atom. The molecule has 4 rings (SSSR count). The second-order valence-electron chi connectivity index (χ2n) is 9.96. The molecule has 3 aromatic rings. The number of rotatable bonds is 11. The Hall–Kier alpha value is -3.14. The van der Waals surface area contributed by atoms with Gasteiger partial charge >= 0.3 is 0 Å². The zero-order chi connectivity index (χ0) is 25.3. The number of amides is 1. The van der Waals surface area contributed by atoms with Crippen LogP contribution in [0.15, 0.2) is 54.7 Å². The molecule has 0 saturated carbocycles. The first-order chi connectivity index (χ1) is 17.6. The van der Waals surface area contributed by atoms with E-state index >= 15 is 0 Å². The topological polar surface area (TPSA) is 66.4 Å². The smallest absolute Gasteiger partial charge is 0.228 e. The SMILES string of the molecule is CCCC(C)N(C(=O)CCN1CCN(CCCc2c[nH]c3ccc(C#N)cc23)CC1)c1ccccc1. The minimum atomic E-state index is 0.213. The van der Waals surface area contributed by atoms with Crippen molar-refractivity contribution in [3.63, 3.8) is 0 Å². The van der Waals surface area contributed by atoms with Gasteiger partial charge in [-0.1, -0.05) is 31.5 Å². The Labute approximate surface area is 215 Å². The van der Waals surface area contributed by atoms with Gasteiger partial charge in [0.2, 0.25) is 5.91 Å². The molecule has 1 N–H and O–H groups in total. The molecule has 1 atom stereocenters. The van der Waals surface area contributed by atoms with E-state index in [1.54, 1.807) is 0 Å². The summed E-state index contributed by atoms with van der Waals surface area (Å²) in [6, 6.07) is 18.4. The third-order valence-corrected chi connectivity index (χ3v) is 7.37. The van der Waals surface area contributed by atoms with Gasteiger partial charge in [0.05, 0.1) is 11.6 Å². The van der Waals surface area contributed by atoms with Gasteiger partial charge in [0.1, 0.15) is 0 Å². The number of nitrogens with zero attached hydrogens (tertiary/aromatic N) is 4. The Kier molecular flexibility index (Phi) is 9.16. The maximum absolute atomic E-state index is 13.2. The van der Waals surface area contributed by atoms with Crippen molar-refractivity contribution in [3.8, 4) is 6.07 Å². The molecule has 2 heterocycles. The van der Waals surface area contributed by atoms with Crippen molar-refractivity contribution >= 4 is 22.5 Å². The van der Waals surface area contributed by atoms with Gasteiger partial charge in [-0.05, 0) is 68.6 Å². The standard InChI is InChI=1S/C30H39N5O/c1-3-8-24(2)35(27-10-5-4-6-11-27)30(36)14-16-34-19-17-33(18-20-34)15-7-9-26-23-32-29-13-12-25(22-31)21-28(26)29/h4-6,10-13,21,23-24,32H,3,7-9,14-20H2,1-2H3. The normalized spacial score (nSPS) is 15.6. The number of aromatic amines is 1. The van der Waals surface area contributed by atoms with E-state index in [1.807, 2.05) is 53.4 Å². The number of aromatic nitrogens is 1. The molecule has 0 aliphatic carbocycles. The molecule has 190 valence electrons. The molecule has 1 aliphatic rings. The number of hydrogen-bond donors (Lipinski definition) is 1. The van der Waals surface area contributed by atoms with Crippen molar-refractivity contribution in [2.24, 2.45) is 0 Å². The van der Waals surface area contributed by atoms with E-state index < -0.39 is 0 Å². The first kappa shape index (κ1) is 25.9. The number of para-hydroxylation sites is 1. The van der Waals surface area contributed by atoms with E-state index in [4.69, 9.17) is 0 Å². The Balaban J connectivity index is 1.21. The van der Waals surface area contributed by atoms with Crippen LogP contribution in [0.1, 0.15) is 50.7 Å². The summed E-state index contributed by atoms with van der Waals surface area (Å²) in [5.41, 5.74) is 4.11. The second-order valence-corrected chi connectivity index (χ2v) is 9.96. The van der Waals surface area contributed by atoms with E-state index in [-0.39, 0.29) is 11.9 Å². The summed E-state index contributed by atoms with van der Waals surface area (Å²) < 4.78 is 0. The molecule has 1 saturated heterocycles. The highest BCUT2D eigenvalue weighted by Gasteiger charge is 2.23. The molecule has 0 spiro atoms. The summed E-state index contributed by atoms with van der Waals surface area (Å²) in [5, 5.41) is 10.4. The highest BCUT2D eigenvalue weighted by atomic mass is 16.2. The van der Waals surface area contributed by atoms with E-state index in [1.165, 1.54) is 10.9 Å². The monoisotopic (exact) mass is 485 g/mol. The van der Waals surface area contributed by atoms with E-state index in [0.29, 0.717) is 12.0 Å². The van der Waals surface area contributed by atoms with Crippen LogP contribution >= 0.6 is 0 Å². The quantitative estimate of drug-likeness (QED) is 0.405. The molecule has 6 heteroatoms. The predicted molar refractivity (Wildman–Crippen MR) is 147 cm³/mol. The molecular weight excluding hydrogens is 446 g/mol. The van der Waals surface area contributed by atoms with Gasteiger partial charge in [-0.15, -0.1) is 0 Å². The van der Waals surface area contributed by atoms with E-state index in [0.717, 1.165) is 76.2 Å². The Bertz CT molecular complexity index is 1160. The number of H-pyrrole nitrogens is 1. The van der Waals surface area contributed by atoms with Crippen LogP contribution < -0.4 is 4.90 Å². The van der Waals surface area contributed by atoms with Crippen molar-refractivity contribution in [1.82, 2.24) is 14.8 Å². The number of fused-ring (bicyclic) bond motifs is 1. The fourth-order valence-corrected chi connectivity index (χ4v) is 5.34. The zero-order valence-corrected chi connectivity index (χ0v) is 21.7. The summed E-state index contributed by atoms with van der Waals surface area (Å²) in [5.74, 6) is 0.225. The lowest BCUT2D eigenvalue weighted by Gasteiger charge is -2.35. The number of carbonyl (C=O) groups is 1. The lowest BCUT2D eigenvalue weighted by Crippen LogP contribution is -2.48. The molecule has 0 bridgehead atoms. The van der Waals surface area contributed by atoms with Gasteiger partial charge in [-0.25, -0.2) is 0 Å². The number of hydrogen-bond acceptors (Lipinski definition) is 4. The third kappa shape index (κ3) is 6.54. The van der Waals surface area contributed by atoms with E-state index in [2.05, 4.69) is 40.9 Å². The first-order valence-electron chi connectivity index (χ1n) is 13.4. The Morgan fingerprint density at radius 3 is 2.50 bits per heavy atom. The molecular formula is C30H39N5O. The van der Waals surface area contributed by atoms with Crippen LogP contribution in [0.2, 0.25) is 0 Å². The van der Waals surface area contributed by atoms with Crippen LogP contribution in [0, 0.1) is 11.3 Å². The minimum absolute atomic E-state index is 0.213. The van der Waals surface area contributed by atoms with Gasteiger partial charge in [-0.2, -0.15) is 5.26 Å². The predicted octanol–water partition coefficient (Wildman–Crippen LogP) is 5.20. The molecule has 36 heavy (non-hydrogen) atoms. The lowest BCUT2D eigenvalue weighted by molar-refractivity contribution is -0.119. The molecule has 1 fully saturated rings. The van der Waals surface area contributed by atoms with Gasteiger partial charge in [-0.3, -0.25) is 4.79 Å². The van der Waals surface area contributed by atoms with Gasteiger partial charge in [0, 0.05) is 68.0 Å². The van der Waals surface area contributed by atoms with Crippen molar-refractivity contribution in [1.29, 1.82) is 5.26 Å². The van der Waals surface area contributed by atoms with Gasteiger partial charge in [0.15, 0.2) is 0 Å². The van der Waals surface area contributed by atoms with Gasteiger partial charge < -0.3 is 19.7 Å². The molecule has 1 aromatic heterocycles. The number of anilines is 1. The highest BCUT2D eigenvalue weighted by molar-refractivity contribution is 5.94. The van der Waals surface area contributed by atoms with Crippen molar-refractivity contribution in [2.75, 3.05) is 44.2 Å². The molecule has 0 radical (unpaired) electrons. The molecule has 1 aliphatic heterocycles. The van der Waals surface area contributed by atoms with E-state index in [9.17, 15) is 10.1 Å². The van der Waals surface area contributed by atoms with Crippen LogP contribution in [-0.4, -0.2) is 66.0 Å². The Morgan fingerprint density at radius 2 is 1.81 bits per heavy atom. The average Bonchev–Trinajstić information content (AvgIpc) is 3.31. The summed E-state index contributed by atoms with van der Waals surface area (Å²) in [6.45, 7) is 10.4. The van der Waals surface area contributed by atoms with Crippen LogP contribution in [-0.2, 0) is 11.2 Å². The van der Waals surface area contributed by atoms with Crippen LogP contribution in [0.4, 0.5) is 5.69 Å². The summed E-state index contributed by atoms with van der Waals surface area (Å²) in [6.07, 6.45) is 6.84. The van der Waals surface area contributed by atoms with Crippen LogP contribution in [0.25, 0.3) is 10.9 Å². The zero-order valence-electron chi connectivity index (χ0n) is 21.7. The number of benzene rings is 2. The molecule has 1 amide bonds. The molecule has 2 aromatic carbocycles. The second kappa shape index (κ2) is 12.7.